The van der Waals surface area contributed by atoms with Gasteiger partial charge in [-0.05, 0) is 106 Å². The van der Waals surface area contributed by atoms with Gasteiger partial charge < -0.3 is 49.5 Å². The number of amides is 4. The lowest BCUT2D eigenvalue weighted by atomic mass is 9.77. The molecule has 5 aliphatic rings. The highest BCUT2D eigenvalue weighted by molar-refractivity contribution is 6.09. The van der Waals surface area contributed by atoms with Gasteiger partial charge in [0, 0.05) is 85.5 Å². The number of aromatic nitrogens is 2. The number of likely N-dealkylation sites (N-methyl/N-ethyl adjacent to an activating group) is 1. The molecular weight excluding hydrogens is 1160 g/mol. The second-order valence-electron chi connectivity index (χ2n) is 24.5. The van der Waals surface area contributed by atoms with Crippen LogP contribution >= 0.6 is 0 Å². The summed E-state index contributed by atoms with van der Waals surface area (Å²) < 4.78 is 39.0. The van der Waals surface area contributed by atoms with Crippen molar-refractivity contribution >= 4 is 69.4 Å². The van der Waals surface area contributed by atoms with E-state index in [0.29, 0.717) is 78.5 Å². The zero-order valence-electron chi connectivity index (χ0n) is 51.7. The molecule has 4 heterocycles. The van der Waals surface area contributed by atoms with Gasteiger partial charge in [-0.3, -0.25) is 47.9 Å². The first kappa shape index (κ1) is 66.7. The number of carbonyl (C=O) groups is 10. The molecule has 2 saturated carbocycles. The Hall–Kier alpha value is -7.73. The number of Topliss-reactive ketones (excluding diaryl/α,β-unsaturated/α-hetero) is 5. The molecule has 4 aromatic rings. The summed E-state index contributed by atoms with van der Waals surface area (Å²) in [7, 11) is 0. The lowest BCUT2D eigenvalue weighted by Gasteiger charge is -2.37. The van der Waals surface area contributed by atoms with Gasteiger partial charge in [0.1, 0.15) is 37.2 Å². The molecule has 22 nitrogen and oxygen atoms in total. The van der Waals surface area contributed by atoms with E-state index >= 15 is 4.39 Å². The number of pyridine rings is 2. The normalized spacial score (nSPS) is 21.0. The van der Waals surface area contributed by atoms with Crippen LogP contribution in [0.1, 0.15) is 143 Å². The standard InChI is InChI=1S/C67H81FN6O16/c1-5-67(86)51-30-55-61-49(34-74(55)65(84)50(51)36-90-66(67)85)60-54(18-17-47-39(4)52(68)31-53(72-61)59(47)60)73(6-2)58(80)37-88-22-20-44(75)32-71-64(83)43(27-40-10-8-7-9-11-40)29-46(77)33-70-57(79)19-16-45(76)35-89-25-24-87-23-21-69-63(82)42-14-12-41(13-15-42)28-48-56(78)26-38(3)62(48)81/h7-11,30-31,38,41-43,48,54,86H,5-6,12-29,32-37H2,1-4H3,(H,69,82)(H,70,79)(H,71,83)/t38?,41?,42?,43-,48?,54+,67+/m1/s1. The molecule has 90 heavy (non-hydrogen) atoms. The van der Waals surface area contributed by atoms with Gasteiger partial charge in [0.25, 0.3) is 5.56 Å². The van der Waals surface area contributed by atoms with Gasteiger partial charge in [0.05, 0.1) is 80.5 Å². The molecule has 2 aromatic heterocycles. The van der Waals surface area contributed by atoms with Crippen LogP contribution < -0.4 is 21.5 Å². The molecule has 2 fully saturated rings. The van der Waals surface area contributed by atoms with Crippen LogP contribution in [-0.2, 0) is 98.5 Å². The number of halogens is 1. The third-order valence-corrected chi connectivity index (χ3v) is 18.6. The van der Waals surface area contributed by atoms with Gasteiger partial charge in [-0.2, -0.15) is 0 Å². The number of nitrogens with zero attached hydrogens (tertiary/aromatic N) is 3. The van der Waals surface area contributed by atoms with Gasteiger partial charge in [-0.25, -0.2) is 14.2 Å². The number of fused-ring (bicyclic) bond motifs is 5. The predicted molar refractivity (Wildman–Crippen MR) is 324 cm³/mol. The maximum Gasteiger partial charge on any atom is 0.343 e. The predicted octanol–water partition coefficient (Wildman–Crippen LogP) is 4.88. The van der Waals surface area contributed by atoms with Crippen LogP contribution in [0.3, 0.4) is 0 Å². The van der Waals surface area contributed by atoms with Crippen molar-refractivity contribution in [2.45, 2.75) is 142 Å². The van der Waals surface area contributed by atoms with Crippen molar-refractivity contribution in [3.8, 4) is 11.4 Å². The lowest BCUT2D eigenvalue weighted by Crippen LogP contribution is -2.44. The van der Waals surface area contributed by atoms with Gasteiger partial charge >= 0.3 is 5.97 Å². The molecule has 4 N–H and O–H groups in total. The first-order valence-corrected chi connectivity index (χ1v) is 31.5. The summed E-state index contributed by atoms with van der Waals surface area (Å²) in [5.41, 5.74) is 2.21. The maximum atomic E-state index is 15.6. The smallest absolute Gasteiger partial charge is 0.343 e. The molecule has 0 saturated heterocycles. The molecule has 0 radical (unpaired) electrons. The van der Waals surface area contributed by atoms with Gasteiger partial charge in [-0.15, -0.1) is 0 Å². The molecule has 5 atom stereocenters. The number of carbonyl (C=O) groups excluding carboxylic acids is 10. The molecule has 4 amide bonds. The minimum absolute atomic E-state index is 0.0449. The molecule has 0 bridgehead atoms. The van der Waals surface area contributed by atoms with Crippen LogP contribution in [0.4, 0.5) is 4.39 Å². The molecule has 2 unspecified atom stereocenters. The number of hydrogen-bond donors (Lipinski definition) is 4. The van der Waals surface area contributed by atoms with Gasteiger partial charge in [0.15, 0.2) is 23.0 Å². The topological polar surface area (TPSA) is 302 Å². The number of aliphatic hydroxyl groups is 1. The lowest BCUT2D eigenvalue weighted by molar-refractivity contribution is -0.172. The number of nitrogens with one attached hydrogen (secondary N) is 3. The second kappa shape index (κ2) is 29.9. The molecule has 482 valence electrons. The fourth-order valence-corrected chi connectivity index (χ4v) is 13.5. The van der Waals surface area contributed by atoms with Crippen molar-refractivity contribution in [1.82, 2.24) is 30.4 Å². The van der Waals surface area contributed by atoms with E-state index in [1.165, 1.54) is 10.6 Å². The summed E-state index contributed by atoms with van der Waals surface area (Å²) in [4.78, 5) is 150. The highest BCUT2D eigenvalue weighted by Crippen LogP contribution is 2.48. The summed E-state index contributed by atoms with van der Waals surface area (Å²) in [6.45, 7) is 6.25. The molecule has 2 aliphatic heterocycles. The van der Waals surface area contributed by atoms with Crippen LogP contribution in [0.5, 0.6) is 0 Å². The Morgan fingerprint density at radius 1 is 0.833 bits per heavy atom. The van der Waals surface area contributed by atoms with E-state index in [1.54, 1.807) is 49.1 Å². The Morgan fingerprint density at radius 3 is 2.29 bits per heavy atom. The van der Waals surface area contributed by atoms with Crippen LogP contribution in [0, 0.1) is 42.3 Å². The average Bonchev–Trinajstić information content (AvgIpc) is 1.45. The molecule has 23 heteroatoms. The number of benzene rings is 2. The van der Waals surface area contributed by atoms with Crippen LogP contribution in [0.15, 0.2) is 47.3 Å². The van der Waals surface area contributed by atoms with E-state index in [-0.39, 0.29) is 169 Å². The highest BCUT2D eigenvalue weighted by atomic mass is 19.1. The summed E-state index contributed by atoms with van der Waals surface area (Å²) in [5.74, 6) is -5.32. The Bertz CT molecular complexity index is 3510. The fraction of sp³-hybridized carbons (Fsp3) is 0.552. The Balaban J connectivity index is 0.678. The van der Waals surface area contributed by atoms with E-state index in [2.05, 4.69) is 16.0 Å². The third kappa shape index (κ3) is 15.2. The number of cyclic esters (lactones) is 1. The van der Waals surface area contributed by atoms with Crippen molar-refractivity contribution < 1.29 is 76.4 Å². The van der Waals surface area contributed by atoms with Crippen LogP contribution in [0.2, 0.25) is 0 Å². The van der Waals surface area contributed by atoms with E-state index in [4.69, 9.17) is 23.9 Å². The van der Waals surface area contributed by atoms with Crippen LogP contribution in [0.25, 0.3) is 22.3 Å². The largest absolute Gasteiger partial charge is 0.458 e. The number of hydrogen-bond acceptors (Lipinski definition) is 17. The van der Waals surface area contributed by atoms with E-state index in [1.807, 2.05) is 19.9 Å². The number of aryl methyl sites for hydroxylation is 1. The maximum absolute atomic E-state index is 15.6. The second-order valence-corrected chi connectivity index (χ2v) is 24.5. The van der Waals surface area contributed by atoms with Crippen molar-refractivity contribution in [1.29, 1.82) is 0 Å². The third-order valence-electron chi connectivity index (χ3n) is 18.6. The van der Waals surface area contributed by atoms with Crippen LogP contribution in [-0.4, -0.2) is 144 Å². The minimum atomic E-state index is -2.05. The van der Waals surface area contributed by atoms with Crippen molar-refractivity contribution in [2.75, 3.05) is 65.8 Å². The summed E-state index contributed by atoms with van der Waals surface area (Å²) in [5, 5.41) is 20.2. The average molecular weight is 1250 g/mol. The first-order chi connectivity index (χ1) is 43.2. The van der Waals surface area contributed by atoms with Crippen molar-refractivity contribution in [3.63, 3.8) is 0 Å². The van der Waals surface area contributed by atoms with Gasteiger partial charge in [-0.1, -0.05) is 44.2 Å². The first-order valence-electron chi connectivity index (χ1n) is 31.5. The quantitative estimate of drug-likeness (QED) is 0.0261. The fourth-order valence-electron chi connectivity index (χ4n) is 13.5. The minimum Gasteiger partial charge on any atom is -0.458 e. The van der Waals surface area contributed by atoms with E-state index in [9.17, 15) is 57.8 Å². The molecular formula is C67H81FN6O16. The highest BCUT2D eigenvalue weighted by Gasteiger charge is 2.47. The van der Waals surface area contributed by atoms with E-state index in [0.717, 1.165) is 29.5 Å². The number of ketones is 5. The van der Waals surface area contributed by atoms with Crippen molar-refractivity contribution in [2.24, 2.45) is 29.6 Å². The zero-order chi connectivity index (χ0) is 64.4. The summed E-state index contributed by atoms with van der Waals surface area (Å²) >= 11 is 0. The Labute approximate surface area is 521 Å². The Kier molecular flexibility index (Phi) is 22.2. The number of esters is 1. The number of rotatable bonds is 31. The summed E-state index contributed by atoms with van der Waals surface area (Å²) in [6, 6.07) is 11.4. The zero-order valence-corrected chi connectivity index (χ0v) is 51.7. The SMILES string of the molecule is CCN(C(=O)COCCC(=O)CNC(=O)[C@@H](CC(=O)CNC(=O)CCC(=O)COCCOCCNC(=O)C1CCC(CC2C(=O)CC(C)C2=O)CC1)Cc1ccccc1)[C@H]1CCc2c(C)c(F)cc3nc4c(c1c23)Cn1c-4cc2c(c1=O)COC(=O)[C@]2(O)CC. The molecule has 2 aromatic carbocycles. The molecule has 0 spiro atoms. The van der Waals surface area contributed by atoms with Crippen molar-refractivity contribution in [3.05, 3.63) is 97.6 Å². The number of ether oxygens (including phenoxy) is 4. The van der Waals surface area contributed by atoms with E-state index < -0.39 is 64.2 Å². The molecule has 9 rings (SSSR count). The van der Waals surface area contributed by atoms with Gasteiger partial charge in [0.2, 0.25) is 23.6 Å². The monoisotopic (exact) mass is 1240 g/mol. The Morgan fingerprint density at radius 2 is 1.57 bits per heavy atom. The summed E-state index contributed by atoms with van der Waals surface area (Å²) in [6.07, 6.45) is 4.20. The molecule has 3 aliphatic carbocycles.